The molecule has 4 nitrogen and oxygen atoms in total. The Bertz CT molecular complexity index is 1110. The lowest BCUT2D eigenvalue weighted by molar-refractivity contribution is 0.306. The van der Waals surface area contributed by atoms with Gasteiger partial charge in [-0.3, -0.25) is 4.98 Å². The lowest BCUT2D eigenvalue weighted by Crippen LogP contribution is -2.07. The monoisotopic (exact) mass is 397 g/mol. The molecule has 0 unspecified atom stereocenters. The van der Waals surface area contributed by atoms with E-state index >= 15 is 0 Å². The number of hydrogen-bond donors (Lipinski definition) is 0. The van der Waals surface area contributed by atoms with Crippen molar-refractivity contribution < 1.29 is 4.74 Å². The van der Waals surface area contributed by atoms with E-state index in [1.54, 1.807) is 12.4 Å². The van der Waals surface area contributed by atoms with Gasteiger partial charge in [-0.1, -0.05) is 75.4 Å². The molecule has 2 aromatic heterocycles. The van der Waals surface area contributed by atoms with Gasteiger partial charge in [0.05, 0.1) is 29.7 Å². The number of rotatable bonds is 3. The molecule has 0 radical (unpaired) electrons. The summed E-state index contributed by atoms with van der Waals surface area (Å²) in [5.41, 5.74) is 6.75. The molecule has 4 aromatic rings. The fraction of sp³-hybridized carbons (Fsp3) is 0.231. The van der Waals surface area contributed by atoms with E-state index in [2.05, 4.69) is 65.0 Å². The highest BCUT2D eigenvalue weighted by atomic mass is 16.5. The molecule has 2 aromatic carbocycles. The summed E-state index contributed by atoms with van der Waals surface area (Å²) in [6, 6.07) is 21.2. The van der Waals surface area contributed by atoms with E-state index in [4.69, 9.17) is 9.72 Å². The zero-order chi connectivity index (χ0) is 20.9. The molecule has 4 heteroatoms. The number of ether oxygens (including phenoxy) is 1. The SMILES string of the molecule is CC.CCc1ccc(-c2nc3n(c2-c2ccccc2)CCOc2cnccc2-3)cc1. The minimum Gasteiger partial charge on any atom is -0.489 e. The number of benzene rings is 2. The summed E-state index contributed by atoms with van der Waals surface area (Å²) in [6.45, 7) is 7.51. The van der Waals surface area contributed by atoms with Crippen LogP contribution in [0, 0.1) is 0 Å². The molecule has 0 N–H and O–H groups in total. The van der Waals surface area contributed by atoms with Gasteiger partial charge in [0.1, 0.15) is 18.2 Å². The van der Waals surface area contributed by atoms with Crippen LogP contribution >= 0.6 is 0 Å². The summed E-state index contributed by atoms with van der Waals surface area (Å²) < 4.78 is 8.21. The number of fused-ring (bicyclic) bond motifs is 3. The summed E-state index contributed by atoms with van der Waals surface area (Å²) in [6.07, 6.45) is 4.60. The van der Waals surface area contributed by atoms with Crippen LogP contribution < -0.4 is 4.74 Å². The molecule has 152 valence electrons. The first kappa shape index (κ1) is 19.9. The number of hydrogen-bond acceptors (Lipinski definition) is 3. The molecule has 0 saturated carbocycles. The first-order valence-electron chi connectivity index (χ1n) is 10.7. The number of aryl methyl sites for hydroxylation is 1. The zero-order valence-electron chi connectivity index (χ0n) is 17.8. The average molecular weight is 398 g/mol. The number of nitrogens with zero attached hydrogens (tertiary/aromatic N) is 3. The Labute approximate surface area is 178 Å². The third kappa shape index (κ3) is 3.61. The van der Waals surface area contributed by atoms with Crippen LogP contribution in [-0.2, 0) is 13.0 Å². The maximum atomic E-state index is 5.93. The van der Waals surface area contributed by atoms with E-state index in [9.17, 15) is 0 Å². The standard InChI is InChI=1S/C24H21N3O.C2H6/c1-2-17-8-10-18(11-9-17)22-23(19-6-4-3-5-7-19)27-14-15-28-21-16-25-13-12-20(21)24(27)26-22;1-2/h3-13,16H,2,14-15H2,1H3;1-2H3. The predicted molar refractivity (Wildman–Crippen MR) is 123 cm³/mol. The van der Waals surface area contributed by atoms with E-state index in [1.807, 2.05) is 26.0 Å². The van der Waals surface area contributed by atoms with Crippen LogP contribution in [0.1, 0.15) is 26.3 Å². The lowest BCUT2D eigenvalue weighted by atomic mass is 10.0. The maximum absolute atomic E-state index is 5.93. The third-order valence-corrected chi connectivity index (χ3v) is 5.25. The molecule has 5 rings (SSSR count). The molecule has 3 heterocycles. The largest absolute Gasteiger partial charge is 0.489 e. The summed E-state index contributed by atoms with van der Waals surface area (Å²) >= 11 is 0. The van der Waals surface area contributed by atoms with Crippen LogP contribution in [0.4, 0.5) is 0 Å². The Morgan fingerprint density at radius 1 is 0.933 bits per heavy atom. The van der Waals surface area contributed by atoms with Crippen molar-refractivity contribution in [2.24, 2.45) is 0 Å². The van der Waals surface area contributed by atoms with E-state index in [0.717, 1.165) is 52.6 Å². The Kier molecular flexibility index (Phi) is 5.94. The Morgan fingerprint density at radius 2 is 1.70 bits per heavy atom. The zero-order valence-corrected chi connectivity index (χ0v) is 17.8. The second kappa shape index (κ2) is 8.95. The molecule has 30 heavy (non-hydrogen) atoms. The molecule has 0 fully saturated rings. The quantitative estimate of drug-likeness (QED) is 0.410. The fourth-order valence-corrected chi connectivity index (χ4v) is 3.79. The minimum atomic E-state index is 0.593. The smallest absolute Gasteiger partial charge is 0.148 e. The van der Waals surface area contributed by atoms with Crippen LogP contribution in [0.5, 0.6) is 5.75 Å². The van der Waals surface area contributed by atoms with Gasteiger partial charge in [-0.15, -0.1) is 0 Å². The second-order valence-corrected chi connectivity index (χ2v) is 6.92. The van der Waals surface area contributed by atoms with Gasteiger partial charge in [0.2, 0.25) is 0 Å². The third-order valence-electron chi connectivity index (χ3n) is 5.25. The summed E-state index contributed by atoms with van der Waals surface area (Å²) in [5, 5.41) is 0. The minimum absolute atomic E-state index is 0.593. The highest BCUT2D eigenvalue weighted by molar-refractivity contribution is 5.83. The number of imidazole rings is 1. The molecule has 0 saturated heterocycles. The van der Waals surface area contributed by atoms with Crippen molar-refractivity contribution in [3.63, 3.8) is 0 Å². The highest BCUT2D eigenvalue weighted by Crippen LogP contribution is 2.39. The number of aromatic nitrogens is 3. The molecule has 1 aliphatic rings. The van der Waals surface area contributed by atoms with Crippen LogP contribution in [0.2, 0.25) is 0 Å². The van der Waals surface area contributed by atoms with Gasteiger partial charge >= 0.3 is 0 Å². The first-order chi connectivity index (χ1) is 14.8. The fourth-order valence-electron chi connectivity index (χ4n) is 3.79. The normalized spacial score (nSPS) is 12.0. The predicted octanol–water partition coefficient (Wildman–Crippen LogP) is 6.26. The van der Waals surface area contributed by atoms with Crippen molar-refractivity contribution in [2.45, 2.75) is 33.7 Å². The summed E-state index contributed by atoms with van der Waals surface area (Å²) in [7, 11) is 0. The average Bonchev–Trinajstić information content (AvgIpc) is 3.11. The molecule has 0 spiro atoms. The van der Waals surface area contributed by atoms with Crippen LogP contribution in [-0.4, -0.2) is 21.1 Å². The van der Waals surface area contributed by atoms with Gasteiger partial charge in [-0.2, -0.15) is 0 Å². The molecule has 0 bridgehead atoms. The van der Waals surface area contributed by atoms with Gasteiger partial charge in [0, 0.05) is 17.3 Å². The van der Waals surface area contributed by atoms with E-state index in [0.29, 0.717) is 6.61 Å². The topological polar surface area (TPSA) is 39.9 Å². The van der Waals surface area contributed by atoms with Gasteiger partial charge in [0.15, 0.2) is 0 Å². The second-order valence-electron chi connectivity index (χ2n) is 6.92. The maximum Gasteiger partial charge on any atom is 0.148 e. The highest BCUT2D eigenvalue weighted by Gasteiger charge is 2.24. The summed E-state index contributed by atoms with van der Waals surface area (Å²) in [4.78, 5) is 9.32. The summed E-state index contributed by atoms with van der Waals surface area (Å²) in [5.74, 6) is 1.72. The van der Waals surface area contributed by atoms with Crippen LogP contribution in [0.15, 0.2) is 73.1 Å². The Hall–Kier alpha value is -3.40. The lowest BCUT2D eigenvalue weighted by Gasteiger charge is -2.11. The molecule has 0 aliphatic carbocycles. The van der Waals surface area contributed by atoms with Gasteiger partial charge in [-0.25, -0.2) is 4.98 Å². The molecule has 0 amide bonds. The van der Waals surface area contributed by atoms with E-state index < -0.39 is 0 Å². The van der Waals surface area contributed by atoms with Crippen molar-refractivity contribution in [1.29, 1.82) is 0 Å². The molecular weight excluding hydrogens is 370 g/mol. The van der Waals surface area contributed by atoms with Crippen LogP contribution in [0.3, 0.4) is 0 Å². The molecular formula is C26H27N3O. The van der Waals surface area contributed by atoms with Crippen molar-refractivity contribution in [3.8, 4) is 39.7 Å². The molecule has 0 atom stereocenters. The van der Waals surface area contributed by atoms with Gasteiger partial charge in [0.25, 0.3) is 0 Å². The van der Waals surface area contributed by atoms with Gasteiger partial charge < -0.3 is 9.30 Å². The number of pyridine rings is 1. The van der Waals surface area contributed by atoms with Crippen molar-refractivity contribution >= 4 is 0 Å². The van der Waals surface area contributed by atoms with E-state index in [1.165, 1.54) is 5.56 Å². The van der Waals surface area contributed by atoms with E-state index in [-0.39, 0.29) is 0 Å². The van der Waals surface area contributed by atoms with Crippen molar-refractivity contribution in [3.05, 3.63) is 78.6 Å². The van der Waals surface area contributed by atoms with Crippen molar-refractivity contribution in [1.82, 2.24) is 14.5 Å². The Balaban J connectivity index is 0.00000106. The Morgan fingerprint density at radius 3 is 2.43 bits per heavy atom. The van der Waals surface area contributed by atoms with Crippen LogP contribution in [0.25, 0.3) is 33.9 Å². The van der Waals surface area contributed by atoms with Gasteiger partial charge in [-0.05, 0) is 18.1 Å². The van der Waals surface area contributed by atoms with Crippen molar-refractivity contribution in [2.75, 3.05) is 6.61 Å². The molecule has 1 aliphatic heterocycles. The first-order valence-corrected chi connectivity index (χ1v) is 10.7.